The summed E-state index contributed by atoms with van der Waals surface area (Å²) in [4.78, 5) is 22.1. The van der Waals surface area contributed by atoms with Crippen molar-refractivity contribution < 1.29 is 9.59 Å². The van der Waals surface area contributed by atoms with Crippen LogP contribution in [0.2, 0.25) is 0 Å². The monoisotopic (exact) mass is 300 g/mol. The molecule has 2 nitrogen and oxygen atoms in total. The normalized spacial score (nSPS) is 10.3. The number of carbonyl (C=O) groups excluding carboxylic acids is 2. The van der Waals surface area contributed by atoms with Crippen molar-refractivity contribution in [1.29, 1.82) is 0 Å². The highest BCUT2D eigenvalue weighted by Gasteiger charge is 2.30. The Hall–Kier alpha value is -0.141. The molecule has 0 spiro atoms. The van der Waals surface area contributed by atoms with Crippen molar-refractivity contribution >= 4 is 97.7 Å². The molecule has 24 heavy (non-hydrogen) atoms. The van der Waals surface area contributed by atoms with Crippen molar-refractivity contribution in [3.63, 3.8) is 0 Å². The topological polar surface area (TPSA) is 34.1 Å². The molecule has 0 amide bonds. The van der Waals surface area contributed by atoms with Crippen molar-refractivity contribution in [2.24, 2.45) is 5.41 Å². The lowest BCUT2D eigenvalue weighted by Crippen LogP contribution is -2.67. The molecule has 0 heterocycles. The second-order valence-electron chi connectivity index (χ2n) is 6.41. The SMILES string of the molecule is C/C=C/C(C)(C)C(=O)CC(C)=O.[B]B([B])B([B])B(B([B])[B])B([B])[B]. The number of Topliss-reactive ketones (excluding diaryl/α,β-unsaturated/α-hetero) is 2. The molecular formula is C10H16B12O2. The van der Waals surface area contributed by atoms with E-state index in [2.05, 4.69) is 0 Å². The smallest absolute Gasteiger partial charge is 0.149 e. The second kappa shape index (κ2) is 12.3. The van der Waals surface area contributed by atoms with Gasteiger partial charge >= 0.3 is 0 Å². The van der Waals surface area contributed by atoms with Gasteiger partial charge in [0.1, 0.15) is 11.6 Å². The van der Waals surface area contributed by atoms with Crippen LogP contribution in [0.3, 0.4) is 0 Å². The van der Waals surface area contributed by atoms with E-state index in [1.807, 2.05) is 32.9 Å². The number of ketones is 2. The van der Waals surface area contributed by atoms with Crippen LogP contribution in [0.4, 0.5) is 0 Å². The van der Waals surface area contributed by atoms with Crippen LogP contribution in [-0.4, -0.2) is 97.7 Å². The maximum Gasteiger partial charge on any atom is 0.149 e. The number of allylic oxidation sites excluding steroid dienone is 2. The van der Waals surface area contributed by atoms with Gasteiger partial charge in [0.25, 0.3) is 0 Å². The van der Waals surface area contributed by atoms with E-state index in [0.717, 1.165) is 0 Å². The molecule has 0 bridgehead atoms. The Morgan fingerprint density at radius 3 is 1.54 bits per heavy atom. The van der Waals surface area contributed by atoms with Gasteiger partial charge in [-0.25, -0.2) is 0 Å². The number of rotatable bonds is 8. The highest BCUT2D eigenvalue weighted by Crippen LogP contribution is 2.20. The molecule has 0 unspecified atom stereocenters. The van der Waals surface area contributed by atoms with Gasteiger partial charge in [-0.1, -0.05) is 12.2 Å². The fraction of sp³-hybridized carbons (Fsp3) is 0.600. The van der Waals surface area contributed by atoms with Gasteiger partial charge in [-0.3, -0.25) is 9.59 Å². The Morgan fingerprint density at radius 1 is 0.917 bits per heavy atom. The molecule has 0 rings (SSSR count). The van der Waals surface area contributed by atoms with Crippen LogP contribution in [0, 0.1) is 5.41 Å². The predicted molar refractivity (Wildman–Crippen MR) is 118 cm³/mol. The zero-order valence-corrected chi connectivity index (χ0v) is 15.1. The quantitative estimate of drug-likeness (QED) is 0.284. The van der Waals surface area contributed by atoms with Gasteiger partial charge in [0.2, 0.25) is 0 Å². The van der Waals surface area contributed by atoms with E-state index in [9.17, 15) is 9.59 Å². The lowest BCUT2D eigenvalue weighted by Gasteiger charge is -2.29. The predicted octanol–water partition coefficient (Wildman–Crippen LogP) is -2.43. The highest BCUT2D eigenvalue weighted by atomic mass is 16.1. The summed E-state index contributed by atoms with van der Waals surface area (Å²) in [6.45, 7) is 6.93. The highest BCUT2D eigenvalue weighted by molar-refractivity contribution is 8.05. The minimum absolute atomic E-state index is 0.0203. The van der Waals surface area contributed by atoms with E-state index in [1.165, 1.54) is 6.92 Å². The third-order valence-electron chi connectivity index (χ3n) is 3.49. The zero-order chi connectivity index (χ0) is 19.7. The fourth-order valence-electron chi connectivity index (χ4n) is 1.99. The van der Waals surface area contributed by atoms with Gasteiger partial charge in [0.05, 0.1) is 6.42 Å². The summed E-state index contributed by atoms with van der Waals surface area (Å²) >= 11 is 0. The molecule has 0 aromatic carbocycles. The summed E-state index contributed by atoms with van der Waals surface area (Å²) in [5, 5.41) is 0. The minimum Gasteiger partial charge on any atom is -0.300 e. The molecule has 14 heteroatoms. The molecule has 0 aromatic rings. The maximum atomic E-state index is 11.4. The van der Waals surface area contributed by atoms with E-state index in [1.54, 1.807) is 0 Å². The summed E-state index contributed by atoms with van der Waals surface area (Å²) in [5.74, 6) is -0.0920. The Bertz CT molecular complexity index is 414. The van der Waals surface area contributed by atoms with Crippen molar-refractivity contribution in [3.05, 3.63) is 12.2 Å². The first-order valence-electron chi connectivity index (χ1n) is 7.73. The van der Waals surface area contributed by atoms with Gasteiger partial charge in [0.15, 0.2) is 0 Å². The molecule has 0 aromatic heterocycles. The summed E-state index contributed by atoms with van der Waals surface area (Å²) in [6.07, 6.45) is 0.464. The van der Waals surface area contributed by atoms with Crippen LogP contribution in [0.15, 0.2) is 12.2 Å². The first-order valence-corrected chi connectivity index (χ1v) is 7.73. The molecule has 0 atom stereocenters. The van der Waals surface area contributed by atoms with Gasteiger partial charge in [-0.2, -0.15) is 0 Å². The van der Waals surface area contributed by atoms with Gasteiger partial charge in [-0.15, -0.1) is 0 Å². The molecule has 104 valence electrons. The molecular weight excluding hydrogens is 282 g/mol. The first-order chi connectivity index (χ1) is 10.8. The lowest BCUT2D eigenvalue weighted by atomic mass is 8.53. The summed E-state index contributed by atoms with van der Waals surface area (Å²) < 4.78 is 0. The average molecular weight is 298 g/mol. The molecule has 0 N–H and O–H groups in total. The van der Waals surface area contributed by atoms with Crippen molar-refractivity contribution in [2.75, 3.05) is 0 Å². The molecule has 0 aliphatic heterocycles. The summed E-state index contributed by atoms with van der Waals surface area (Å²) in [6, 6.07) is 0. The molecule has 0 aliphatic rings. The van der Waals surface area contributed by atoms with E-state index in [4.69, 9.17) is 54.2 Å². The van der Waals surface area contributed by atoms with E-state index < -0.39 is 37.3 Å². The molecule has 0 saturated heterocycles. The van der Waals surface area contributed by atoms with Gasteiger partial charge in [0, 0.05) is 91.5 Å². The van der Waals surface area contributed by atoms with E-state index >= 15 is 0 Å². The van der Waals surface area contributed by atoms with Gasteiger partial charge < -0.3 is 0 Å². The number of hydrogen-bond donors (Lipinski definition) is 0. The lowest BCUT2D eigenvalue weighted by molar-refractivity contribution is -0.129. The Morgan fingerprint density at radius 2 is 1.33 bits per heavy atom. The maximum absolute atomic E-state index is 11.4. The number of hydrogen-bond acceptors (Lipinski definition) is 2. The van der Waals surface area contributed by atoms with E-state index in [-0.39, 0.29) is 18.0 Å². The van der Waals surface area contributed by atoms with Crippen LogP contribution in [0.25, 0.3) is 0 Å². The largest absolute Gasteiger partial charge is 0.300 e. The standard InChI is InChI=1S/C10H16O2.B12/c1-5-6-10(3,4)9(12)7-8(2)11;1-8(2)11(7)12(9(3)4)10(5)6/h5-6H,7H2,1-4H3;/b6-5+;. The molecule has 14 radical (unpaired) electrons. The molecule has 0 aliphatic carbocycles. The van der Waals surface area contributed by atoms with Crippen molar-refractivity contribution in [3.8, 4) is 0 Å². The van der Waals surface area contributed by atoms with Gasteiger partial charge in [-0.05, 0) is 27.7 Å². The van der Waals surface area contributed by atoms with Crippen LogP contribution in [0.5, 0.6) is 0 Å². The average Bonchev–Trinajstić information content (AvgIpc) is 2.37. The third kappa shape index (κ3) is 10.7. The van der Waals surface area contributed by atoms with Crippen LogP contribution < -0.4 is 0 Å². The summed E-state index contributed by atoms with van der Waals surface area (Å²) in [7, 11) is 37.9. The molecule has 0 saturated carbocycles. The van der Waals surface area contributed by atoms with Crippen LogP contribution >= 0.6 is 0 Å². The zero-order valence-electron chi connectivity index (χ0n) is 15.1. The van der Waals surface area contributed by atoms with Crippen molar-refractivity contribution in [1.82, 2.24) is 0 Å². The Balaban J connectivity index is 0. The van der Waals surface area contributed by atoms with Crippen LogP contribution in [-0.2, 0) is 9.59 Å². The second-order valence-corrected chi connectivity index (χ2v) is 6.41. The van der Waals surface area contributed by atoms with Crippen LogP contribution in [0.1, 0.15) is 34.1 Å². The van der Waals surface area contributed by atoms with E-state index in [0.29, 0.717) is 0 Å². The first kappa shape index (κ1) is 26.1. The number of carbonyl (C=O) groups is 2. The minimum atomic E-state index is -0.723. The Kier molecular flexibility index (Phi) is 13.3. The van der Waals surface area contributed by atoms with Crippen molar-refractivity contribution in [2.45, 2.75) is 34.1 Å². The summed E-state index contributed by atoms with van der Waals surface area (Å²) in [5.41, 5.74) is -0.500. The molecule has 0 fully saturated rings. The fourth-order valence-corrected chi connectivity index (χ4v) is 1.99. The third-order valence-corrected chi connectivity index (χ3v) is 3.49. The Labute approximate surface area is 159 Å².